The minimum atomic E-state index is -2.44. The lowest BCUT2D eigenvalue weighted by Crippen LogP contribution is -2.25. The van der Waals surface area contributed by atoms with Crippen molar-refractivity contribution in [3.63, 3.8) is 0 Å². The highest BCUT2D eigenvalue weighted by atomic mass is 19.3. The number of hydrogen-bond acceptors (Lipinski definition) is 5. The van der Waals surface area contributed by atoms with Crippen molar-refractivity contribution in [2.24, 2.45) is 5.84 Å². The monoisotopic (exact) mass is 279 g/mol. The molecule has 106 valence electrons. The molecule has 0 spiro atoms. The molecule has 1 aromatic carbocycles. The van der Waals surface area contributed by atoms with Gasteiger partial charge in [0, 0.05) is 18.7 Å². The highest BCUT2D eigenvalue weighted by Gasteiger charge is 2.13. The maximum Gasteiger partial charge on any atom is 0.255 e. The van der Waals surface area contributed by atoms with Crippen LogP contribution in [-0.4, -0.2) is 30.0 Å². The molecule has 0 radical (unpaired) electrons. The first-order chi connectivity index (χ1) is 9.60. The quantitative estimate of drug-likeness (QED) is 0.648. The van der Waals surface area contributed by atoms with Gasteiger partial charge in [-0.25, -0.2) is 24.6 Å². The van der Waals surface area contributed by atoms with E-state index in [4.69, 9.17) is 5.84 Å². The lowest BCUT2D eigenvalue weighted by Gasteiger charge is -2.18. The van der Waals surface area contributed by atoms with Crippen LogP contribution >= 0.6 is 0 Å². The van der Waals surface area contributed by atoms with Crippen molar-refractivity contribution in [1.82, 2.24) is 9.97 Å². The summed E-state index contributed by atoms with van der Waals surface area (Å²) in [4.78, 5) is 9.87. The molecular formula is C13H15F2N5. The fraction of sp³-hybridized carbons (Fsp3) is 0.231. The van der Waals surface area contributed by atoms with Gasteiger partial charge >= 0.3 is 0 Å². The Balaban J connectivity index is 2.39. The molecule has 0 saturated carbocycles. The summed E-state index contributed by atoms with van der Waals surface area (Å²) in [6.07, 6.45) is -2.44. The molecule has 20 heavy (non-hydrogen) atoms. The van der Waals surface area contributed by atoms with E-state index in [9.17, 15) is 8.78 Å². The molecule has 1 heterocycles. The second kappa shape index (κ2) is 6.25. The van der Waals surface area contributed by atoms with E-state index in [2.05, 4.69) is 15.4 Å². The van der Waals surface area contributed by atoms with Gasteiger partial charge in [-0.2, -0.15) is 0 Å². The Hall–Kier alpha value is -2.28. The Bertz CT molecular complexity index is 562. The van der Waals surface area contributed by atoms with Crippen LogP contribution in [0.5, 0.6) is 0 Å². The van der Waals surface area contributed by atoms with E-state index in [-0.39, 0.29) is 0 Å². The predicted molar refractivity (Wildman–Crippen MR) is 74.6 cm³/mol. The lowest BCUT2D eigenvalue weighted by molar-refractivity contribution is 0.156. The van der Waals surface area contributed by atoms with Crippen LogP contribution in [0.4, 0.5) is 20.4 Å². The van der Waals surface area contributed by atoms with Crippen molar-refractivity contribution in [2.75, 3.05) is 23.9 Å². The molecule has 0 atom stereocenters. The van der Waals surface area contributed by atoms with Crippen molar-refractivity contribution in [2.45, 2.75) is 6.43 Å². The van der Waals surface area contributed by atoms with Crippen molar-refractivity contribution in [3.05, 3.63) is 36.4 Å². The van der Waals surface area contributed by atoms with Gasteiger partial charge in [-0.15, -0.1) is 0 Å². The van der Waals surface area contributed by atoms with Gasteiger partial charge in [0.05, 0.1) is 6.54 Å². The van der Waals surface area contributed by atoms with Crippen LogP contribution in [0.2, 0.25) is 0 Å². The first-order valence-electron chi connectivity index (χ1n) is 6.00. The Kier molecular flexibility index (Phi) is 4.41. The Morgan fingerprint density at radius 3 is 2.55 bits per heavy atom. The topological polar surface area (TPSA) is 67.1 Å². The van der Waals surface area contributed by atoms with Crippen LogP contribution in [0.1, 0.15) is 0 Å². The molecule has 0 saturated heterocycles. The second-order valence-corrected chi connectivity index (χ2v) is 4.22. The van der Waals surface area contributed by atoms with E-state index in [1.165, 1.54) is 11.0 Å². The number of benzene rings is 1. The molecule has 0 amide bonds. The summed E-state index contributed by atoms with van der Waals surface area (Å²) >= 11 is 0. The first-order valence-corrected chi connectivity index (χ1v) is 6.00. The van der Waals surface area contributed by atoms with Gasteiger partial charge in [0.1, 0.15) is 11.6 Å². The lowest BCUT2D eigenvalue weighted by atomic mass is 10.2. The van der Waals surface area contributed by atoms with Crippen molar-refractivity contribution < 1.29 is 8.78 Å². The summed E-state index contributed by atoms with van der Waals surface area (Å²) in [5.74, 6) is 6.54. The highest BCUT2D eigenvalue weighted by molar-refractivity contribution is 5.61. The van der Waals surface area contributed by atoms with Crippen molar-refractivity contribution in [3.8, 4) is 11.4 Å². The minimum absolute atomic E-state index is 0.370. The van der Waals surface area contributed by atoms with E-state index >= 15 is 0 Å². The average Bonchev–Trinajstić information content (AvgIpc) is 2.47. The van der Waals surface area contributed by atoms with Crippen LogP contribution in [0.15, 0.2) is 36.4 Å². The zero-order chi connectivity index (χ0) is 14.5. The largest absolute Gasteiger partial charge is 0.354 e. The van der Waals surface area contributed by atoms with E-state index < -0.39 is 13.0 Å². The number of hydrazine groups is 1. The number of hydrogen-bond donors (Lipinski definition) is 2. The SMILES string of the molecule is CN(CC(F)F)c1cc(NN)nc(-c2ccccc2)n1. The smallest absolute Gasteiger partial charge is 0.255 e. The van der Waals surface area contributed by atoms with Crippen LogP contribution in [-0.2, 0) is 0 Å². The van der Waals surface area contributed by atoms with Gasteiger partial charge in [-0.05, 0) is 0 Å². The number of halogens is 2. The third kappa shape index (κ3) is 3.39. The normalized spacial score (nSPS) is 10.7. The molecule has 0 fully saturated rings. The maximum atomic E-state index is 12.5. The van der Waals surface area contributed by atoms with Gasteiger partial charge in [0.2, 0.25) is 0 Å². The minimum Gasteiger partial charge on any atom is -0.354 e. The number of alkyl halides is 2. The van der Waals surface area contributed by atoms with Gasteiger partial charge < -0.3 is 10.3 Å². The van der Waals surface area contributed by atoms with Gasteiger partial charge in [0.15, 0.2) is 5.82 Å². The molecule has 2 rings (SSSR count). The molecule has 5 nitrogen and oxygen atoms in total. The molecule has 3 N–H and O–H groups in total. The molecule has 0 aliphatic carbocycles. The Morgan fingerprint density at radius 1 is 1.25 bits per heavy atom. The average molecular weight is 279 g/mol. The van der Waals surface area contributed by atoms with Gasteiger partial charge in [-0.3, -0.25) is 0 Å². The standard InChI is InChI=1S/C13H15F2N5/c1-20(8-10(14)15)12-7-11(19-16)17-13(18-12)9-5-3-2-4-6-9/h2-7,10H,8,16H2,1H3,(H,17,18,19). The number of anilines is 2. The Labute approximate surface area is 115 Å². The Morgan fingerprint density at radius 2 is 1.95 bits per heavy atom. The zero-order valence-electron chi connectivity index (χ0n) is 10.9. The molecule has 0 aliphatic rings. The molecule has 2 aromatic rings. The first kappa shape index (κ1) is 14.1. The predicted octanol–water partition coefficient (Wildman–Crippen LogP) is 2.13. The third-order valence-electron chi connectivity index (χ3n) is 2.70. The van der Waals surface area contributed by atoms with Crippen LogP contribution in [0, 0.1) is 0 Å². The molecule has 0 aliphatic heterocycles. The van der Waals surface area contributed by atoms with E-state index in [1.807, 2.05) is 30.3 Å². The number of nitrogens with one attached hydrogen (secondary N) is 1. The number of nitrogens with zero attached hydrogens (tertiary/aromatic N) is 3. The van der Waals surface area contributed by atoms with E-state index in [0.29, 0.717) is 17.5 Å². The summed E-state index contributed by atoms with van der Waals surface area (Å²) in [7, 11) is 1.55. The molecule has 1 aromatic heterocycles. The molecule has 0 unspecified atom stereocenters. The fourth-order valence-electron chi connectivity index (χ4n) is 1.72. The summed E-state index contributed by atoms with van der Waals surface area (Å²) in [5.41, 5.74) is 3.21. The molecule has 0 bridgehead atoms. The van der Waals surface area contributed by atoms with Gasteiger partial charge in [-0.1, -0.05) is 30.3 Å². The number of rotatable bonds is 5. The van der Waals surface area contributed by atoms with E-state index in [1.54, 1.807) is 7.05 Å². The van der Waals surface area contributed by atoms with Crippen molar-refractivity contribution >= 4 is 11.6 Å². The third-order valence-corrected chi connectivity index (χ3v) is 2.70. The van der Waals surface area contributed by atoms with Crippen molar-refractivity contribution in [1.29, 1.82) is 0 Å². The van der Waals surface area contributed by atoms with Crippen LogP contribution in [0.25, 0.3) is 11.4 Å². The molecular weight excluding hydrogens is 264 g/mol. The highest BCUT2D eigenvalue weighted by Crippen LogP contribution is 2.21. The number of nitrogens with two attached hydrogens (primary N) is 1. The molecule has 7 heteroatoms. The number of aromatic nitrogens is 2. The van der Waals surface area contributed by atoms with Gasteiger partial charge in [0.25, 0.3) is 6.43 Å². The maximum absolute atomic E-state index is 12.5. The number of nitrogen functional groups attached to an aromatic ring is 1. The summed E-state index contributed by atoms with van der Waals surface area (Å²) in [5, 5.41) is 0. The fourth-order valence-corrected chi connectivity index (χ4v) is 1.72. The zero-order valence-corrected chi connectivity index (χ0v) is 10.9. The van der Waals surface area contributed by atoms with E-state index in [0.717, 1.165) is 5.56 Å². The summed E-state index contributed by atoms with van der Waals surface area (Å²) in [6, 6.07) is 10.8. The second-order valence-electron chi connectivity index (χ2n) is 4.22. The van der Waals surface area contributed by atoms with Crippen LogP contribution < -0.4 is 16.2 Å². The summed E-state index contributed by atoms with van der Waals surface area (Å²) < 4.78 is 24.9. The summed E-state index contributed by atoms with van der Waals surface area (Å²) in [6.45, 7) is -0.407. The van der Waals surface area contributed by atoms with Crippen LogP contribution in [0.3, 0.4) is 0 Å².